The molecule has 0 amide bonds. The molecule has 4 rings (SSSR count). The van der Waals surface area contributed by atoms with E-state index in [1.807, 2.05) is 0 Å². The first-order valence-electron chi connectivity index (χ1n) is 10.4. The monoisotopic (exact) mass is 564 g/mol. The molecule has 0 radical (unpaired) electrons. The van der Waals surface area contributed by atoms with Gasteiger partial charge in [-0.2, -0.15) is 5.10 Å². The maximum atomic E-state index is 14.7. The quantitative estimate of drug-likeness (QED) is 0.216. The maximum absolute atomic E-state index is 14.7. The van der Waals surface area contributed by atoms with Crippen LogP contribution in [-0.2, 0) is 18.4 Å². The van der Waals surface area contributed by atoms with Gasteiger partial charge in [-0.1, -0.05) is 29.8 Å². The molecule has 0 fully saturated rings. The molecule has 0 spiro atoms. The maximum Gasteiger partial charge on any atom is 0.340 e. The predicted octanol–water partition coefficient (Wildman–Crippen LogP) is 4.48. The lowest BCUT2D eigenvalue weighted by atomic mass is 10.1. The van der Waals surface area contributed by atoms with E-state index in [0.29, 0.717) is 16.6 Å². The Labute approximate surface area is 208 Å². The lowest BCUT2D eigenvalue weighted by Gasteiger charge is -2.18. The Morgan fingerprint density at radius 3 is 2.69 bits per heavy atom. The second kappa shape index (κ2) is 10.3. The van der Waals surface area contributed by atoms with Crippen LogP contribution in [0.5, 0.6) is 0 Å². The van der Waals surface area contributed by atoms with Gasteiger partial charge < -0.3 is 29.3 Å². The zero-order valence-electron chi connectivity index (χ0n) is 18.5. The van der Waals surface area contributed by atoms with Crippen molar-refractivity contribution in [3.63, 3.8) is 0 Å². The molecule has 0 saturated carbocycles. The number of benzene rings is 1. The number of ether oxygens (including phenoxy) is 1. The molecule has 36 heavy (non-hydrogen) atoms. The first-order chi connectivity index (χ1) is 16.8. The number of anilines is 1. The molecule has 2 aromatic heterocycles. The van der Waals surface area contributed by atoms with E-state index < -0.39 is 57.7 Å². The Morgan fingerprint density at radius 2 is 2.00 bits per heavy atom. The van der Waals surface area contributed by atoms with Crippen LogP contribution in [0.15, 0.2) is 48.4 Å². The van der Waals surface area contributed by atoms with Gasteiger partial charge in [0.2, 0.25) is 6.23 Å². The van der Waals surface area contributed by atoms with Crippen molar-refractivity contribution < 1.29 is 41.9 Å². The second-order valence-corrected chi connectivity index (χ2v) is 12.4. The molecule has 1 aliphatic heterocycles. The van der Waals surface area contributed by atoms with Gasteiger partial charge in [0.15, 0.2) is 11.6 Å². The highest BCUT2D eigenvalue weighted by molar-refractivity contribution is 7.70. The van der Waals surface area contributed by atoms with E-state index in [0.717, 1.165) is 10.8 Å². The van der Waals surface area contributed by atoms with Crippen molar-refractivity contribution in [3.8, 4) is 0 Å². The largest absolute Gasteiger partial charge is 0.378 e. The Morgan fingerprint density at radius 1 is 1.28 bits per heavy atom. The smallest absolute Gasteiger partial charge is 0.340 e. The van der Waals surface area contributed by atoms with Crippen LogP contribution in [-0.4, -0.2) is 48.1 Å². The van der Waals surface area contributed by atoms with Crippen LogP contribution in [0.2, 0.25) is 5.15 Å². The molecule has 3 aromatic rings. The second-order valence-electron chi connectivity index (χ2n) is 8.02. The lowest BCUT2D eigenvalue weighted by molar-refractivity contribution is -0.0201. The molecule has 11 nitrogen and oxygen atoms in total. The number of nitrogens with one attached hydrogen (secondary N) is 1. The molecule has 0 aliphatic carbocycles. The van der Waals surface area contributed by atoms with Gasteiger partial charge >= 0.3 is 15.2 Å². The van der Waals surface area contributed by atoms with Gasteiger partial charge in [0.25, 0.3) is 0 Å². The fourth-order valence-electron chi connectivity index (χ4n) is 3.67. The molecule has 1 aliphatic rings. The third-order valence-corrected chi connectivity index (χ3v) is 8.84. The standard InChI is InChI=1S/C20H21ClF2N4O7P2/c1-11(13-4-2-3-5-15(13)22)25-17-7-18(21)26-19-14(17)8-24-27(19)20-16(23)6-12(34-20)9-33-36(31,32)10-35(28,29)30/h2-8,11-12,20H,9-10H2,1H3,(H,25,26)(H,31,32)(H2,28,29,30)/t11-,12-,20+/m0/s1. The third-order valence-electron chi connectivity index (χ3n) is 5.19. The summed E-state index contributed by atoms with van der Waals surface area (Å²) in [5.41, 5.74) is 1.03. The number of nitrogens with zero attached hydrogens (tertiary/aromatic N) is 3. The Balaban J connectivity index is 1.53. The van der Waals surface area contributed by atoms with E-state index in [1.54, 1.807) is 25.1 Å². The minimum atomic E-state index is -4.81. The van der Waals surface area contributed by atoms with Crippen LogP contribution < -0.4 is 5.32 Å². The minimum absolute atomic E-state index is 0.0495. The van der Waals surface area contributed by atoms with Crippen molar-refractivity contribution in [2.24, 2.45) is 0 Å². The molecule has 0 saturated heterocycles. The van der Waals surface area contributed by atoms with Crippen LogP contribution in [0.3, 0.4) is 0 Å². The number of hydrogen-bond donors (Lipinski definition) is 4. The van der Waals surface area contributed by atoms with E-state index in [1.165, 1.54) is 18.3 Å². The summed E-state index contributed by atoms with van der Waals surface area (Å²) in [5.74, 6) is -2.57. The summed E-state index contributed by atoms with van der Waals surface area (Å²) in [6.45, 7) is 1.11. The molecule has 1 unspecified atom stereocenters. The van der Waals surface area contributed by atoms with Gasteiger partial charge in [-0.25, -0.2) is 18.4 Å². The molecular weight excluding hydrogens is 544 g/mol. The lowest BCUT2D eigenvalue weighted by Crippen LogP contribution is -2.19. The summed E-state index contributed by atoms with van der Waals surface area (Å²) in [4.78, 5) is 31.5. The topological polar surface area (TPSA) is 156 Å². The highest BCUT2D eigenvalue weighted by Gasteiger charge is 2.35. The molecule has 4 N–H and O–H groups in total. The molecule has 3 heterocycles. The molecule has 194 valence electrons. The predicted molar refractivity (Wildman–Crippen MR) is 127 cm³/mol. The van der Waals surface area contributed by atoms with Gasteiger partial charge in [-0.3, -0.25) is 9.13 Å². The highest BCUT2D eigenvalue weighted by atomic mass is 35.5. The number of aromatic nitrogens is 3. The van der Waals surface area contributed by atoms with Gasteiger partial charge in [0, 0.05) is 5.56 Å². The number of hydrogen-bond acceptors (Lipinski definition) is 7. The molecule has 16 heteroatoms. The number of pyridine rings is 1. The van der Waals surface area contributed by atoms with Gasteiger partial charge in [0.05, 0.1) is 29.9 Å². The van der Waals surface area contributed by atoms with Gasteiger partial charge in [-0.15, -0.1) is 0 Å². The van der Waals surface area contributed by atoms with Crippen LogP contribution in [0.1, 0.15) is 24.8 Å². The van der Waals surface area contributed by atoms with Crippen LogP contribution in [0.4, 0.5) is 14.5 Å². The van der Waals surface area contributed by atoms with Crippen LogP contribution >= 0.6 is 26.8 Å². The van der Waals surface area contributed by atoms with E-state index in [9.17, 15) is 22.8 Å². The van der Waals surface area contributed by atoms with Gasteiger partial charge in [0.1, 0.15) is 22.9 Å². The summed E-state index contributed by atoms with van der Waals surface area (Å²) in [6, 6.07) is 7.32. The molecule has 4 atom stereocenters. The Hall–Kier alpha value is -2.21. The fourth-order valence-corrected chi connectivity index (χ4v) is 6.43. The first kappa shape index (κ1) is 26.8. The highest BCUT2D eigenvalue weighted by Crippen LogP contribution is 2.55. The average molecular weight is 565 g/mol. The van der Waals surface area contributed by atoms with E-state index in [2.05, 4.69) is 15.4 Å². The van der Waals surface area contributed by atoms with Crippen molar-refractivity contribution in [2.45, 2.75) is 25.3 Å². The van der Waals surface area contributed by atoms with E-state index in [-0.39, 0.29) is 10.8 Å². The number of rotatable bonds is 9. The molecular formula is C20H21ClF2N4O7P2. The van der Waals surface area contributed by atoms with Crippen molar-refractivity contribution in [3.05, 3.63) is 65.0 Å². The fraction of sp³-hybridized carbons (Fsp3) is 0.300. The van der Waals surface area contributed by atoms with Crippen molar-refractivity contribution in [1.29, 1.82) is 0 Å². The van der Waals surface area contributed by atoms with Crippen molar-refractivity contribution in [2.75, 3.05) is 17.8 Å². The summed E-state index contributed by atoms with van der Waals surface area (Å²) in [7, 11) is -9.46. The van der Waals surface area contributed by atoms with Crippen LogP contribution in [0, 0.1) is 5.82 Å². The third kappa shape index (κ3) is 6.19. The molecule has 0 bridgehead atoms. The zero-order valence-corrected chi connectivity index (χ0v) is 21.1. The number of fused-ring (bicyclic) bond motifs is 1. The van der Waals surface area contributed by atoms with E-state index in [4.69, 9.17) is 30.6 Å². The summed E-state index contributed by atoms with van der Waals surface area (Å²) in [6.07, 6.45) is -0.167. The minimum Gasteiger partial charge on any atom is -0.378 e. The van der Waals surface area contributed by atoms with Crippen molar-refractivity contribution in [1.82, 2.24) is 14.8 Å². The van der Waals surface area contributed by atoms with Gasteiger partial charge in [-0.05, 0) is 25.1 Å². The molecule has 1 aromatic carbocycles. The summed E-state index contributed by atoms with van der Waals surface area (Å²) >= 11 is 6.18. The van der Waals surface area contributed by atoms with Crippen molar-refractivity contribution >= 4 is 43.5 Å². The Bertz CT molecular complexity index is 1420. The van der Waals surface area contributed by atoms with Crippen LogP contribution in [0.25, 0.3) is 11.0 Å². The normalized spacial score (nSPS) is 20.8. The first-order valence-corrected chi connectivity index (χ1v) is 14.3. The van der Waals surface area contributed by atoms with E-state index >= 15 is 0 Å². The Kier molecular flexibility index (Phi) is 7.66. The summed E-state index contributed by atoms with van der Waals surface area (Å²) < 4.78 is 63.1. The average Bonchev–Trinajstić information content (AvgIpc) is 3.34. The number of halogens is 3. The zero-order chi connectivity index (χ0) is 26.3. The summed E-state index contributed by atoms with van der Waals surface area (Å²) in [5, 5.41) is 7.79. The SMILES string of the molecule is C[C@H](Nc1cc(Cl)nc2c1cnn2[C@@H]1O[C@H](COP(=O)(O)CP(=O)(O)O)C=C1F)c1ccccc1F.